The van der Waals surface area contributed by atoms with Crippen LogP contribution in [0.1, 0.15) is 11.1 Å². The quantitative estimate of drug-likeness (QED) is 0.728. The van der Waals surface area contributed by atoms with Gasteiger partial charge < -0.3 is 14.0 Å². The summed E-state index contributed by atoms with van der Waals surface area (Å²) in [5.41, 5.74) is 4.12. The maximum absolute atomic E-state index is 9.57. The van der Waals surface area contributed by atoms with Crippen molar-refractivity contribution in [3.63, 3.8) is 0 Å². The molecule has 0 unspecified atom stereocenters. The van der Waals surface area contributed by atoms with Crippen LogP contribution in [0.2, 0.25) is 0 Å². The van der Waals surface area contributed by atoms with Crippen molar-refractivity contribution in [1.29, 1.82) is 5.26 Å². The molecule has 0 atom stereocenters. The van der Waals surface area contributed by atoms with E-state index in [1.54, 1.807) is 7.11 Å². The van der Waals surface area contributed by atoms with Gasteiger partial charge >= 0.3 is 0 Å². The molecular formula is C21H22N4O. The molecule has 1 aliphatic rings. The van der Waals surface area contributed by atoms with Crippen molar-refractivity contribution in [3.8, 4) is 11.8 Å². The Labute approximate surface area is 153 Å². The van der Waals surface area contributed by atoms with E-state index in [0.717, 1.165) is 55.1 Å². The average Bonchev–Trinajstić information content (AvgIpc) is 3.05. The van der Waals surface area contributed by atoms with Gasteiger partial charge in [-0.2, -0.15) is 5.26 Å². The number of nitriles is 1. The van der Waals surface area contributed by atoms with Crippen LogP contribution in [0.3, 0.4) is 0 Å². The van der Waals surface area contributed by atoms with E-state index in [-0.39, 0.29) is 0 Å². The highest BCUT2D eigenvalue weighted by atomic mass is 16.5. The molecule has 5 nitrogen and oxygen atoms in total. The summed E-state index contributed by atoms with van der Waals surface area (Å²) in [5.74, 6) is 0.886. The van der Waals surface area contributed by atoms with E-state index in [9.17, 15) is 5.26 Å². The SMILES string of the molecule is COc1ccc(N2CCN(Cc3cn4ccccc4c3C#N)CC2)cc1. The van der Waals surface area contributed by atoms with Gasteiger partial charge in [0.15, 0.2) is 0 Å². The summed E-state index contributed by atoms with van der Waals surface area (Å²) >= 11 is 0. The van der Waals surface area contributed by atoms with Crippen LogP contribution in [0.25, 0.3) is 5.52 Å². The Bertz CT molecular complexity index is 931. The van der Waals surface area contributed by atoms with Crippen LogP contribution in [0, 0.1) is 11.3 Å². The van der Waals surface area contributed by atoms with Crippen molar-refractivity contribution >= 4 is 11.2 Å². The lowest BCUT2D eigenvalue weighted by molar-refractivity contribution is 0.250. The van der Waals surface area contributed by atoms with E-state index in [1.165, 1.54) is 5.69 Å². The van der Waals surface area contributed by atoms with Crippen molar-refractivity contribution in [2.75, 3.05) is 38.2 Å². The molecule has 3 heterocycles. The van der Waals surface area contributed by atoms with Crippen LogP contribution in [0.15, 0.2) is 54.9 Å². The first-order valence-corrected chi connectivity index (χ1v) is 8.88. The van der Waals surface area contributed by atoms with Crippen molar-refractivity contribution < 1.29 is 4.74 Å². The fraction of sp³-hybridized carbons (Fsp3) is 0.286. The molecule has 1 aliphatic heterocycles. The number of benzene rings is 1. The van der Waals surface area contributed by atoms with E-state index in [2.05, 4.69) is 34.2 Å². The zero-order valence-corrected chi connectivity index (χ0v) is 14.9. The van der Waals surface area contributed by atoms with Gasteiger partial charge in [-0.25, -0.2) is 0 Å². The molecule has 3 aromatic rings. The Morgan fingerprint density at radius 1 is 1.04 bits per heavy atom. The van der Waals surface area contributed by atoms with Gasteiger partial charge in [0.2, 0.25) is 0 Å². The number of methoxy groups -OCH3 is 1. The predicted molar refractivity (Wildman–Crippen MR) is 103 cm³/mol. The van der Waals surface area contributed by atoms with Gasteiger partial charge in [-0.3, -0.25) is 4.90 Å². The zero-order chi connectivity index (χ0) is 17.9. The normalized spacial score (nSPS) is 15.2. The van der Waals surface area contributed by atoms with Crippen molar-refractivity contribution in [1.82, 2.24) is 9.30 Å². The molecule has 132 valence electrons. The number of rotatable bonds is 4. The lowest BCUT2D eigenvalue weighted by Crippen LogP contribution is -2.46. The number of anilines is 1. The first-order valence-electron chi connectivity index (χ1n) is 8.88. The molecule has 1 saturated heterocycles. The standard InChI is InChI=1S/C21H22N4O/c1-26-19-7-5-18(6-8-19)24-12-10-23(11-13-24)15-17-16-25-9-3-2-4-21(25)20(17)14-22/h2-9,16H,10-13,15H2,1H3. The molecule has 0 N–H and O–H groups in total. The summed E-state index contributed by atoms with van der Waals surface area (Å²) in [4.78, 5) is 4.83. The van der Waals surface area contributed by atoms with Gasteiger partial charge in [-0.15, -0.1) is 0 Å². The van der Waals surface area contributed by atoms with Crippen LogP contribution in [-0.2, 0) is 6.54 Å². The Hall–Kier alpha value is -2.97. The molecule has 26 heavy (non-hydrogen) atoms. The van der Waals surface area contributed by atoms with E-state index in [4.69, 9.17) is 4.74 Å². The van der Waals surface area contributed by atoms with Gasteiger partial charge in [0, 0.05) is 56.4 Å². The van der Waals surface area contributed by atoms with Gasteiger partial charge in [-0.05, 0) is 36.4 Å². The molecule has 0 amide bonds. The van der Waals surface area contributed by atoms with Gasteiger partial charge in [-0.1, -0.05) is 6.07 Å². The average molecular weight is 346 g/mol. The van der Waals surface area contributed by atoms with E-state index in [0.29, 0.717) is 0 Å². The summed E-state index contributed by atoms with van der Waals surface area (Å²) in [6.45, 7) is 4.77. The monoisotopic (exact) mass is 346 g/mol. The van der Waals surface area contributed by atoms with Gasteiger partial charge in [0.1, 0.15) is 11.8 Å². The second-order valence-corrected chi connectivity index (χ2v) is 6.60. The Balaban J connectivity index is 1.43. The molecule has 2 aromatic heterocycles. The molecule has 1 fully saturated rings. The van der Waals surface area contributed by atoms with Crippen molar-refractivity contribution in [2.24, 2.45) is 0 Å². The molecule has 0 spiro atoms. The summed E-state index contributed by atoms with van der Waals surface area (Å²) in [7, 11) is 1.69. The first-order chi connectivity index (χ1) is 12.8. The summed E-state index contributed by atoms with van der Waals surface area (Å²) in [5, 5.41) is 9.57. The number of hydrogen-bond donors (Lipinski definition) is 0. The summed E-state index contributed by atoms with van der Waals surface area (Å²) < 4.78 is 7.27. The second kappa shape index (κ2) is 7.11. The van der Waals surface area contributed by atoms with Crippen LogP contribution in [0.5, 0.6) is 5.75 Å². The third-order valence-corrected chi connectivity index (χ3v) is 5.08. The highest BCUT2D eigenvalue weighted by molar-refractivity contribution is 5.65. The minimum atomic E-state index is 0.795. The number of fused-ring (bicyclic) bond motifs is 1. The fourth-order valence-electron chi connectivity index (χ4n) is 3.62. The lowest BCUT2D eigenvalue weighted by atomic mass is 10.1. The third kappa shape index (κ3) is 3.12. The Morgan fingerprint density at radius 2 is 1.81 bits per heavy atom. The van der Waals surface area contributed by atoms with E-state index < -0.39 is 0 Å². The van der Waals surface area contributed by atoms with Gasteiger partial charge in [0.25, 0.3) is 0 Å². The molecule has 4 rings (SSSR count). The topological polar surface area (TPSA) is 43.9 Å². The molecule has 0 aliphatic carbocycles. The summed E-state index contributed by atoms with van der Waals surface area (Å²) in [6.07, 6.45) is 4.09. The minimum absolute atomic E-state index is 0.795. The highest BCUT2D eigenvalue weighted by Gasteiger charge is 2.19. The first kappa shape index (κ1) is 16.5. The highest BCUT2D eigenvalue weighted by Crippen LogP contribution is 2.23. The van der Waals surface area contributed by atoms with Gasteiger partial charge in [0.05, 0.1) is 18.2 Å². The van der Waals surface area contributed by atoms with Crippen LogP contribution >= 0.6 is 0 Å². The molecular weight excluding hydrogens is 324 g/mol. The minimum Gasteiger partial charge on any atom is -0.497 e. The number of aromatic nitrogens is 1. The zero-order valence-electron chi connectivity index (χ0n) is 14.9. The molecule has 5 heteroatoms. The Kier molecular flexibility index (Phi) is 4.51. The predicted octanol–water partition coefficient (Wildman–Crippen LogP) is 3.14. The van der Waals surface area contributed by atoms with Crippen molar-refractivity contribution in [3.05, 3.63) is 66.0 Å². The van der Waals surface area contributed by atoms with Crippen LogP contribution in [0.4, 0.5) is 5.69 Å². The number of hydrogen-bond acceptors (Lipinski definition) is 4. The number of ether oxygens (including phenoxy) is 1. The van der Waals surface area contributed by atoms with Crippen LogP contribution in [-0.4, -0.2) is 42.6 Å². The van der Waals surface area contributed by atoms with E-state index in [1.807, 2.05) is 40.9 Å². The number of pyridine rings is 1. The largest absolute Gasteiger partial charge is 0.497 e. The molecule has 0 saturated carbocycles. The van der Waals surface area contributed by atoms with Crippen LogP contribution < -0.4 is 9.64 Å². The molecule has 0 radical (unpaired) electrons. The van der Waals surface area contributed by atoms with Crippen molar-refractivity contribution in [2.45, 2.75) is 6.54 Å². The lowest BCUT2D eigenvalue weighted by Gasteiger charge is -2.36. The maximum atomic E-state index is 9.57. The molecule has 0 bridgehead atoms. The second-order valence-electron chi connectivity index (χ2n) is 6.60. The maximum Gasteiger partial charge on any atom is 0.119 e. The fourth-order valence-corrected chi connectivity index (χ4v) is 3.62. The van der Waals surface area contributed by atoms with E-state index >= 15 is 0 Å². The third-order valence-electron chi connectivity index (χ3n) is 5.08. The number of nitrogens with zero attached hydrogens (tertiary/aromatic N) is 4. The Morgan fingerprint density at radius 3 is 2.50 bits per heavy atom. The smallest absolute Gasteiger partial charge is 0.119 e. The number of piperazine rings is 1. The molecule has 1 aromatic carbocycles. The summed E-state index contributed by atoms with van der Waals surface area (Å²) in [6, 6.07) is 16.6.